The summed E-state index contributed by atoms with van der Waals surface area (Å²) in [7, 11) is 0. The molecule has 1 atom stereocenters. The molecular weight excluding hydrogens is 494 g/mol. The van der Waals surface area contributed by atoms with Crippen molar-refractivity contribution in [1.29, 1.82) is 0 Å². The van der Waals surface area contributed by atoms with Crippen LogP contribution < -0.4 is 10.3 Å². The molecule has 1 unspecified atom stereocenters. The van der Waals surface area contributed by atoms with E-state index >= 15 is 0 Å². The van der Waals surface area contributed by atoms with Crippen molar-refractivity contribution in [1.82, 2.24) is 19.2 Å². The molecule has 0 radical (unpaired) electrons. The molecule has 2 aliphatic heterocycles. The Balaban J connectivity index is 1.45. The number of aliphatic hydroxyl groups is 2. The van der Waals surface area contributed by atoms with Gasteiger partial charge in [-0.15, -0.1) is 11.3 Å². The molecule has 6 rings (SSSR count). The lowest BCUT2D eigenvalue weighted by atomic mass is 10.1. The first-order chi connectivity index (χ1) is 18.0. The summed E-state index contributed by atoms with van der Waals surface area (Å²) < 4.78 is 8.42. The van der Waals surface area contributed by atoms with Gasteiger partial charge in [0.15, 0.2) is 5.65 Å². The van der Waals surface area contributed by atoms with Gasteiger partial charge < -0.3 is 24.7 Å². The average molecular weight is 524 g/mol. The fourth-order valence-electron chi connectivity index (χ4n) is 5.18. The molecule has 1 amide bonds. The second-order valence-corrected chi connectivity index (χ2v) is 10.5. The number of rotatable bonds is 5. The van der Waals surface area contributed by atoms with E-state index in [4.69, 9.17) is 14.8 Å². The molecule has 2 saturated heterocycles. The van der Waals surface area contributed by atoms with Crippen LogP contribution in [0.1, 0.15) is 10.4 Å². The molecule has 10 nitrogen and oxygen atoms in total. The molecule has 2 fully saturated rings. The summed E-state index contributed by atoms with van der Waals surface area (Å²) in [6.45, 7) is 4.83. The van der Waals surface area contributed by atoms with Gasteiger partial charge in [-0.3, -0.25) is 18.9 Å². The molecule has 0 bridgehead atoms. The van der Waals surface area contributed by atoms with Gasteiger partial charge in [-0.25, -0.2) is 4.98 Å². The number of hydrogen-bond donors (Lipinski definition) is 2. The lowest BCUT2D eigenvalue weighted by molar-refractivity contribution is 0.0358. The first-order valence-electron chi connectivity index (χ1n) is 12.6. The zero-order chi connectivity index (χ0) is 25.5. The highest BCUT2D eigenvalue weighted by atomic mass is 32.1. The number of nitrogens with zero attached hydrogens (tertiary/aromatic N) is 5. The normalized spacial score (nSPS) is 18.2. The van der Waals surface area contributed by atoms with Crippen LogP contribution in [0.2, 0.25) is 0 Å². The quantitative estimate of drug-likeness (QED) is 0.399. The summed E-state index contributed by atoms with van der Waals surface area (Å²) in [6.07, 6.45) is -0.805. The summed E-state index contributed by atoms with van der Waals surface area (Å²) in [5.41, 5.74) is 1.35. The maximum absolute atomic E-state index is 13.8. The predicted molar refractivity (Wildman–Crippen MR) is 143 cm³/mol. The van der Waals surface area contributed by atoms with Crippen molar-refractivity contribution in [2.45, 2.75) is 6.10 Å². The summed E-state index contributed by atoms with van der Waals surface area (Å²) in [6, 6.07) is 11.5. The number of hydrogen-bond acceptors (Lipinski definition) is 9. The highest BCUT2D eigenvalue weighted by Crippen LogP contribution is 2.32. The topological polar surface area (TPSA) is 111 Å². The second-order valence-electron chi connectivity index (χ2n) is 9.48. The van der Waals surface area contributed by atoms with Crippen molar-refractivity contribution in [3.05, 3.63) is 52.2 Å². The van der Waals surface area contributed by atoms with Gasteiger partial charge in [0.25, 0.3) is 5.91 Å². The Morgan fingerprint density at radius 2 is 1.81 bits per heavy atom. The van der Waals surface area contributed by atoms with Gasteiger partial charge >= 0.3 is 0 Å². The number of β-amino-alcohol motifs (C(OH)–C–C–N with tert-alkyl or cyclic N) is 1. The number of carbonyl (C=O) groups excluding carboxylic acids is 1. The van der Waals surface area contributed by atoms with Crippen LogP contribution in [0, 0.1) is 0 Å². The van der Waals surface area contributed by atoms with Crippen LogP contribution in [0.3, 0.4) is 0 Å². The van der Waals surface area contributed by atoms with Gasteiger partial charge in [-0.2, -0.15) is 0 Å². The van der Waals surface area contributed by atoms with E-state index in [0.717, 1.165) is 29.1 Å². The monoisotopic (exact) mass is 523 g/mol. The fraction of sp³-hybridized carbons (Fsp3) is 0.423. The first-order valence-corrected chi connectivity index (χ1v) is 13.4. The van der Waals surface area contributed by atoms with E-state index in [0.29, 0.717) is 61.8 Å². The van der Waals surface area contributed by atoms with E-state index in [2.05, 4.69) is 4.90 Å². The molecule has 0 saturated carbocycles. The van der Waals surface area contributed by atoms with Crippen LogP contribution in [-0.4, -0.2) is 107 Å². The van der Waals surface area contributed by atoms with E-state index in [1.807, 2.05) is 39.6 Å². The molecule has 2 N–H and O–H groups in total. The van der Waals surface area contributed by atoms with Gasteiger partial charge in [0.1, 0.15) is 16.2 Å². The van der Waals surface area contributed by atoms with E-state index in [9.17, 15) is 14.7 Å². The number of morpholine rings is 1. The second kappa shape index (κ2) is 9.99. The summed E-state index contributed by atoms with van der Waals surface area (Å²) in [5, 5.41) is 19.3. The minimum Gasteiger partial charge on any atom is -0.394 e. The number of anilines is 1. The van der Waals surface area contributed by atoms with Gasteiger partial charge in [0, 0.05) is 45.8 Å². The number of aliphatic hydroxyl groups excluding tert-OH is 2. The number of para-hydroxylation sites is 1. The maximum atomic E-state index is 13.8. The number of amides is 1. The zero-order valence-electron chi connectivity index (χ0n) is 20.4. The van der Waals surface area contributed by atoms with Crippen LogP contribution in [0.25, 0.3) is 26.1 Å². The molecule has 0 spiro atoms. The van der Waals surface area contributed by atoms with Gasteiger partial charge in [-0.1, -0.05) is 12.1 Å². The van der Waals surface area contributed by atoms with Crippen LogP contribution in [0.15, 0.2) is 41.2 Å². The van der Waals surface area contributed by atoms with E-state index < -0.39 is 6.10 Å². The third kappa shape index (κ3) is 4.36. The minimum absolute atomic E-state index is 0.179. The number of benzene rings is 1. The number of fused-ring (bicyclic) bond motifs is 5. The molecule has 1 aromatic carbocycles. The minimum atomic E-state index is -0.805. The van der Waals surface area contributed by atoms with E-state index in [-0.39, 0.29) is 23.5 Å². The number of ether oxygens (including phenoxy) is 1. The lowest BCUT2D eigenvalue weighted by Crippen LogP contribution is -2.51. The van der Waals surface area contributed by atoms with Crippen molar-refractivity contribution in [3.8, 4) is 0 Å². The van der Waals surface area contributed by atoms with Gasteiger partial charge in [0.05, 0.1) is 41.5 Å². The van der Waals surface area contributed by atoms with Crippen molar-refractivity contribution < 1.29 is 19.7 Å². The Bertz CT molecular complexity index is 1520. The molecule has 37 heavy (non-hydrogen) atoms. The Kier molecular flexibility index (Phi) is 6.55. The Labute approximate surface area is 216 Å². The molecule has 2 aliphatic rings. The maximum Gasteiger partial charge on any atom is 0.260 e. The first kappa shape index (κ1) is 24.3. The van der Waals surface area contributed by atoms with Crippen LogP contribution in [-0.2, 0) is 4.74 Å². The Morgan fingerprint density at radius 1 is 1.05 bits per heavy atom. The highest BCUT2D eigenvalue weighted by molar-refractivity contribution is 7.24. The summed E-state index contributed by atoms with van der Waals surface area (Å²) in [5.74, 6) is 0.509. The molecule has 4 aromatic rings. The number of pyridine rings is 2. The molecule has 11 heteroatoms. The third-order valence-electron chi connectivity index (χ3n) is 7.16. The van der Waals surface area contributed by atoms with Gasteiger partial charge in [-0.05, 0) is 24.3 Å². The number of thiazole rings is 1. The van der Waals surface area contributed by atoms with Crippen LogP contribution in [0.4, 0.5) is 5.82 Å². The summed E-state index contributed by atoms with van der Waals surface area (Å²) >= 11 is 1.43. The molecule has 3 aromatic heterocycles. The van der Waals surface area contributed by atoms with Crippen molar-refractivity contribution in [3.63, 3.8) is 0 Å². The standard InChI is InChI=1S/C26H29N5O5S/c32-16-17(33)15-28-7-9-30(10-8-28)25(35)22-23(34)18-5-6-21(29-11-13-36-14-12-29)27-24(18)31-19-3-1-2-4-20(19)37-26(22)31/h1-6,17,32-33H,7-16H2. The highest BCUT2D eigenvalue weighted by Gasteiger charge is 2.29. The zero-order valence-corrected chi connectivity index (χ0v) is 21.2. The smallest absolute Gasteiger partial charge is 0.260 e. The van der Waals surface area contributed by atoms with E-state index in [1.54, 1.807) is 11.0 Å². The summed E-state index contributed by atoms with van der Waals surface area (Å²) in [4.78, 5) is 39.1. The molecule has 5 heterocycles. The van der Waals surface area contributed by atoms with E-state index in [1.165, 1.54) is 11.3 Å². The van der Waals surface area contributed by atoms with Crippen molar-refractivity contribution >= 4 is 49.1 Å². The third-order valence-corrected chi connectivity index (χ3v) is 8.31. The lowest BCUT2D eigenvalue weighted by Gasteiger charge is -2.35. The number of aromatic nitrogens is 2. The van der Waals surface area contributed by atoms with Crippen LogP contribution >= 0.6 is 11.3 Å². The Hall–Kier alpha value is -3.09. The SMILES string of the molecule is O=C(c1c(=O)c2ccc(N3CCOCC3)nc2n2c1sc1ccccc12)N1CCN(CC(O)CO)CC1. The number of piperazine rings is 1. The van der Waals surface area contributed by atoms with Crippen molar-refractivity contribution in [2.24, 2.45) is 0 Å². The van der Waals surface area contributed by atoms with Gasteiger partial charge in [0.2, 0.25) is 5.43 Å². The molecule has 194 valence electrons. The van der Waals surface area contributed by atoms with Crippen molar-refractivity contribution in [2.75, 3.05) is 70.5 Å². The Morgan fingerprint density at radius 3 is 2.57 bits per heavy atom. The largest absolute Gasteiger partial charge is 0.394 e. The number of carbonyl (C=O) groups is 1. The molecular formula is C26H29N5O5S. The van der Waals surface area contributed by atoms with Crippen LogP contribution in [0.5, 0.6) is 0 Å². The predicted octanol–water partition coefficient (Wildman–Crippen LogP) is 1.01. The fourth-order valence-corrected chi connectivity index (χ4v) is 6.36. The average Bonchev–Trinajstić information content (AvgIpc) is 3.33. The molecule has 0 aliphatic carbocycles.